The molecule has 20 heavy (non-hydrogen) atoms. The van der Waals surface area contributed by atoms with E-state index in [2.05, 4.69) is 10.3 Å². The van der Waals surface area contributed by atoms with Crippen LogP contribution in [-0.4, -0.2) is 46.1 Å². The Morgan fingerprint density at radius 1 is 1.55 bits per heavy atom. The van der Waals surface area contributed by atoms with Crippen molar-refractivity contribution >= 4 is 23.3 Å². The number of aliphatic carboxylic acids is 1. The summed E-state index contributed by atoms with van der Waals surface area (Å²) in [6, 6.07) is -0.977. The van der Waals surface area contributed by atoms with Crippen molar-refractivity contribution in [3.63, 3.8) is 0 Å². The lowest BCUT2D eigenvalue weighted by Crippen LogP contribution is -2.52. The van der Waals surface area contributed by atoms with E-state index < -0.39 is 12.0 Å². The van der Waals surface area contributed by atoms with Crippen LogP contribution in [0.15, 0.2) is 5.38 Å². The Bertz CT molecular complexity index is 489. The molecule has 1 unspecified atom stereocenters. The highest BCUT2D eigenvalue weighted by Gasteiger charge is 2.31. The number of amides is 2. The number of piperidine rings is 1. The fourth-order valence-electron chi connectivity index (χ4n) is 2.35. The summed E-state index contributed by atoms with van der Waals surface area (Å²) in [5.41, 5.74) is 0.959. The number of nitrogens with zero attached hydrogens (tertiary/aromatic N) is 2. The maximum absolute atomic E-state index is 12.0. The number of carbonyl (C=O) groups is 2. The largest absolute Gasteiger partial charge is 0.480 e. The summed E-state index contributed by atoms with van der Waals surface area (Å²) >= 11 is 1.58. The van der Waals surface area contributed by atoms with E-state index in [1.807, 2.05) is 12.3 Å². The minimum atomic E-state index is -0.921. The van der Waals surface area contributed by atoms with Gasteiger partial charge in [0.15, 0.2) is 0 Å². The minimum Gasteiger partial charge on any atom is -0.480 e. The van der Waals surface area contributed by atoms with E-state index >= 15 is 0 Å². The van der Waals surface area contributed by atoms with Gasteiger partial charge in [0.05, 0.1) is 10.7 Å². The summed E-state index contributed by atoms with van der Waals surface area (Å²) in [6.07, 6.45) is 2.93. The van der Waals surface area contributed by atoms with Gasteiger partial charge in [0.2, 0.25) is 0 Å². The summed E-state index contributed by atoms with van der Waals surface area (Å²) in [6.45, 7) is 2.93. The molecule has 0 aromatic carbocycles. The van der Waals surface area contributed by atoms with Crippen LogP contribution in [0.1, 0.15) is 30.0 Å². The lowest BCUT2D eigenvalue weighted by atomic mass is 10.0. The van der Waals surface area contributed by atoms with Gasteiger partial charge in [-0.05, 0) is 26.2 Å². The molecule has 110 valence electrons. The second-order valence-electron chi connectivity index (χ2n) is 4.88. The molecule has 1 aliphatic heterocycles. The number of nitrogens with one attached hydrogen (secondary N) is 1. The fourth-order valence-corrected chi connectivity index (χ4v) is 3.00. The first kappa shape index (κ1) is 14.8. The minimum absolute atomic E-state index is 0.288. The molecule has 0 aliphatic carbocycles. The second-order valence-corrected chi connectivity index (χ2v) is 5.95. The fraction of sp³-hybridized carbons (Fsp3) is 0.615. The number of thiazole rings is 1. The first-order valence-electron chi connectivity index (χ1n) is 6.76. The molecule has 0 bridgehead atoms. The highest BCUT2D eigenvalue weighted by Crippen LogP contribution is 2.17. The molecule has 2 N–H and O–H groups in total. The van der Waals surface area contributed by atoms with Gasteiger partial charge in [-0.25, -0.2) is 14.6 Å². The number of likely N-dealkylation sites (tertiary alicyclic amines) is 1. The predicted molar refractivity (Wildman–Crippen MR) is 75.9 cm³/mol. The van der Waals surface area contributed by atoms with Crippen molar-refractivity contribution in [2.45, 2.75) is 38.6 Å². The molecule has 1 aliphatic rings. The maximum atomic E-state index is 12.0. The summed E-state index contributed by atoms with van der Waals surface area (Å²) in [5.74, 6) is -0.921. The van der Waals surface area contributed by atoms with Gasteiger partial charge in [0, 0.05) is 24.9 Å². The van der Waals surface area contributed by atoms with E-state index in [-0.39, 0.29) is 6.03 Å². The first-order valence-corrected chi connectivity index (χ1v) is 7.64. The number of urea groups is 1. The summed E-state index contributed by atoms with van der Waals surface area (Å²) in [4.78, 5) is 28.9. The van der Waals surface area contributed by atoms with Gasteiger partial charge in [-0.1, -0.05) is 0 Å². The molecule has 2 heterocycles. The molecular formula is C13H19N3O3S. The number of hydrogen-bond acceptors (Lipinski definition) is 4. The number of aromatic nitrogens is 1. The van der Waals surface area contributed by atoms with E-state index in [1.54, 1.807) is 11.3 Å². The van der Waals surface area contributed by atoms with E-state index in [9.17, 15) is 9.59 Å². The van der Waals surface area contributed by atoms with Crippen molar-refractivity contribution in [3.05, 3.63) is 16.1 Å². The van der Waals surface area contributed by atoms with Crippen LogP contribution >= 0.6 is 11.3 Å². The molecule has 1 saturated heterocycles. The van der Waals surface area contributed by atoms with Crippen LogP contribution in [0.2, 0.25) is 0 Å². The van der Waals surface area contributed by atoms with E-state index in [4.69, 9.17) is 5.11 Å². The van der Waals surface area contributed by atoms with Crippen molar-refractivity contribution in [3.8, 4) is 0 Å². The van der Waals surface area contributed by atoms with Crippen LogP contribution in [-0.2, 0) is 11.2 Å². The standard InChI is InChI=1S/C13H19N3O3S/c1-9-15-10(8-20-9)5-6-14-13(19)16-7-3-2-4-11(16)12(17)18/h8,11H,2-7H2,1H3,(H,14,19)(H,17,18). The number of rotatable bonds is 4. The number of carboxylic acids is 1. The van der Waals surface area contributed by atoms with Crippen LogP contribution < -0.4 is 5.32 Å². The third-order valence-electron chi connectivity index (χ3n) is 3.37. The second kappa shape index (κ2) is 6.69. The van der Waals surface area contributed by atoms with Gasteiger partial charge in [-0.15, -0.1) is 11.3 Å². The molecule has 1 atom stereocenters. The highest BCUT2D eigenvalue weighted by atomic mass is 32.1. The van der Waals surface area contributed by atoms with E-state index in [0.717, 1.165) is 23.5 Å². The SMILES string of the molecule is Cc1nc(CCNC(=O)N2CCCCC2C(=O)O)cs1. The average molecular weight is 297 g/mol. The summed E-state index contributed by atoms with van der Waals surface area (Å²) in [7, 11) is 0. The third-order valence-corrected chi connectivity index (χ3v) is 4.19. The average Bonchev–Trinajstić information content (AvgIpc) is 2.84. The molecule has 7 heteroatoms. The lowest BCUT2D eigenvalue weighted by molar-refractivity contribution is -0.143. The Morgan fingerprint density at radius 2 is 2.35 bits per heavy atom. The zero-order valence-electron chi connectivity index (χ0n) is 11.5. The molecule has 6 nitrogen and oxygen atoms in total. The van der Waals surface area contributed by atoms with Crippen molar-refractivity contribution in [1.29, 1.82) is 0 Å². The monoisotopic (exact) mass is 297 g/mol. The Labute approximate surface area is 121 Å². The molecule has 0 spiro atoms. The van der Waals surface area contributed by atoms with Crippen LogP contribution in [0.25, 0.3) is 0 Å². The third kappa shape index (κ3) is 3.69. The normalized spacial score (nSPS) is 18.9. The Morgan fingerprint density at radius 3 is 3.00 bits per heavy atom. The molecular weight excluding hydrogens is 278 g/mol. The van der Waals surface area contributed by atoms with Crippen molar-refractivity contribution in [2.24, 2.45) is 0 Å². The quantitative estimate of drug-likeness (QED) is 0.885. The Balaban J connectivity index is 1.82. The summed E-state index contributed by atoms with van der Waals surface area (Å²) in [5, 5.41) is 14.9. The van der Waals surface area contributed by atoms with Crippen LogP contribution in [0.5, 0.6) is 0 Å². The van der Waals surface area contributed by atoms with Gasteiger partial charge >= 0.3 is 12.0 Å². The highest BCUT2D eigenvalue weighted by molar-refractivity contribution is 7.09. The number of hydrogen-bond donors (Lipinski definition) is 2. The molecule has 1 aromatic heterocycles. The molecule has 2 rings (SSSR count). The number of aryl methyl sites for hydroxylation is 1. The van der Waals surface area contributed by atoms with Crippen LogP contribution in [0.4, 0.5) is 4.79 Å². The smallest absolute Gasteiger partial charge is 0.326 e. The van der Waals surface area contributed by atoms with E-state index in [1.165, 1.54) is 4.90 Å². The van der Waals surface area contributed by atoms with Crippen molar-refractivity contribution in [1.82, 2.24) is 15.2 Å². The van der Waals surface area contributed by atoms with Gasteiger partial charge in [-0.3, -0.25) is 0 Å². The zero-order chi connectivity index (χ0) is 14.5. The maximum Gasteiger partial charge on any atom is 0.326 e. The number of carbonyl (C=O) groups excluding carboxylic acids is 1. The van der Waals surface area contributed by atoms with Gasteiger partial charge in [0.25, 0.3) is 0 Å². The molecule has 1 fully saturated rings. The number of carboxylic acid groups (broad SMARTS) is 1. The Kier molecular flexibility index (Phi) is 4.94. The zero-order valence-corrected chi connectivity index (χ0v) is 12.3. The molecule has 1 aromatic rings. The summed E-state index contributed by atoms with van der Waals surface area (Å²) < 4.78 is 0. The molecule has 0 saturated carbocycles. The van der Waals surface area contributed by atoms with Gasteiger partial charge in [-0.2, -0.15) is 0 Å². The van der Waals surface area contributed by atoms with Crippen LogP contribution in [0.3, 0.4) is 0 Å². The topological polar surface area (TPSA) is 82.5 Å². The predicted octanol–water partition coefficient (Wildman–Crippen LogP) is 1.64. The van der Waals surface area contributed by atoms with Gasteiger partial charge in [0.1, 0.15) is 6.04 Å². The van der Waals surface area contributed by atoms with Crippen molar-refractivity contribution in [2.75, 3.05) is 13.1 Å². The molecule has 0 radical (unpaired) electrons. The first-order chi connectivity index (χ1) is 9.58. The lowest BCUT2D eigenvalue weighted by Gasteiger charge is -2.32. The Hall–Kier alpha value is -1.63. The molecule has 2 amide bonds. The van der Waals surface area contributed by atoms with Gasteiger partial charge < -0.3 is 15.3 Å². The van der Waals surface area contributed by atoms with Crippen molar-refractivity contribution < 1.29 is 14.7 Å². The van der Waals surface area contributed by atoms with Crippen LogP contribution in [0, 0.1) is 6.92 Å². The van der Waals surface area contributed by atoms with E-state index in [0.29, 0.717) is 25.9 Å².